The Morgan fingerprint density at radius 2 is 1.05 bits per heavy atom. The fourth-order valence-electron chi connectivity index (χ4n) is 5.86. The molecule has 0 radical (unpaired) electrons. The smallest absolute Gasteiger partial charge is 0.0604 e. The fraction of sp³-hybridized carbons (Fsp3) is 0.314. The number of thiol groups is 2. The van der Waals surface area contributed by atoms with Gasteiger partial charge in [0, 0.05) is 32.7 Å². The minimum atomic E-state index is 0.352. The summed E-state index contributed by atoms with van der Waals surface area (Å²) >= 11 is 19.6. The Bertz CT molecular complexity index is 1520. The van der Waals surface area contributed by atoms with E-state index >= 15 is 0 Å². The maximum Gasteiger partial charge on any atom is 0.0604 e. The van der Waals surface area contributed by atoms with Crippen molar-refractivity contribution >= 4 is 84.1 Å². The molecule has 0 bridgehead atoms. The molecule has 0 spiro atoms. The van der Waals surface area contributed by atoms with Crippen molar-refractivity contribution in [1.82, 2.24) is 0 Å². The summed E-state index contributed by atoms with van der Waals surface area (Å²) in [6.07, 6.45) is 2.13. The molecule has 0 heterocycles. The molecule has 7 heteroatoms. The molecule has 4 aromatic carbocycles. The van der Waals surface area contributed by atoms with Crippen LogP contribution in [0.5, 0.6) is 0 Å². The fourth-order valence-corrected chi connectivity index (χ4v) is 13.3. The van der Waals surface area contributed by atoms with E-state index in [4.69, 9.17) is 0 Å². The van der Waals surface area contributed by atoms with Gasteiger partial charge in [0.25, 0.3) is 0 Å². The van der Waals surface area contributed by atoms with Crippen LogP contribution in [-0.2, 0) is 24.3 Å². The molecule has 0 amide bonds. The van der Waals surface area contributed by atoms with Gasteiger partial charge in [-0.05, 0) is 75.4 Å². The highest BCUT2D eigenvalue weighted by molar-refractivity contribution is 8.23. The molecule has 4 aromatic rings. The summed E-state index contributed by atoms with van der Waals surface area (Å²) in [5, 5.41) is 0.855. The summed E-state index contributed by atoms with van der Waals surface area (Å²) in [4.78, 5) is 0. The standard InChI is InChI=1S/C35H36S7/c1-23(37)38-20-34(39-18-26-10-6-14-30-28-12-4-2-8-24(28)16-32(26)30)41-21-35(42-22-36)40-19-27-11-7-15-31-29-13-5-3-9-25(29)17-33(27)31/h2-15,23,34-37H,16-22H2,1H3. The lowest BCUT2D eigenvalue weighted by Crippen LogP contribution is -2.10. The van der Waals surface area contributed by atoms with Crippen molar-refractivity contribution in [2.75, 3.05) is 16.6 Å². The SMILES string of the molecule is CC(S)SCC(SCc1cccc2c1Cc1ccccc1-2)SCC(SCS)SCc1cccc2c1Cc1ccccc1-2. The number of rotatable bonds is 14. The van der Waals surface area contributed by atoms with Crippen LogP contribution < -0.4 is 0 Å². The number of hydrogen-bond donors (Lipinski definition) is 2. The topological polar surface area (TPSA) is 0 Å². The van der Waals surface area contributed by atoms with Crippen LogP contribution in [0.25, 0.3) is 22.3 Å². The van der Waals surface area contributed by atoms with Crippen LogP contribution in [0, 0.1) is 0 Å². The summed E-state index contributed by atoms with van der Waals surface area (Å²) in [5.74, 6) is 4.36. The van der Waals surface area contributed by atoms with Crippen LogP contribution in [-0.4, -0.2) is 30.3 Å². The highest BCUT2D eigenvalue weighted by atomic mass is 32.2. The molecule has 2 aliphatic rings. The lowest BCUT2D eigenvalue weighted by Gasteiger charge is -2.22. The Hall–Kier alpha value is -0.670. The molecule has 3 atom stereocenters. The minimum absolute atomic E-state index is 0.352. The summed E-state index contributed by atoms with van der Waals surface area (Å²) in [7, 11) is 0. The molecule has 218 valence electrons. The zero-order chi connectivity index (χ0) is 28.9. The lowest BCUT2D eigenvalue weighted by molar-refractivity contribution is 1.20. The van der Waals surface area contributed by atoms with Crippen LogP contribution >= 0.6 is 84.1 Å². The first kappa shape index (κ1) is 31.3. The van der Waals surface area contributed by atoms with Gasteiger partial charge in [-0.25, -0.2) is 0 Å². The van der Waals surface area contributed by atoms with Crippen molar-refractivity contribution in [3.8, 4) is 22.3 Å². The van der Waals surface area contributed by atoms with Gasteiger partial charge >= 0.3 is 0 Å². The second-order valence-electron chi connectivity index (χ2n) is 10.6. The van der Waals surface area contributed by atoms with Gasteiger partial charge in [-0.2, -0.15) is 25.3 Å². The van der Waals surface area contributed by atoms with Crippen LogP contribution in [0.15, 0.2) is 84.9 Å². The van der Waals surface area contributed by atoms with E-state index in [2.05, 4.69) is 152 Å². The van der Waals surface area contributed by atoms with Crippen LogP contribution in [0.3, 0.4) is 0 Å². The number of hydrogen-bond acceptors (Lipinski definition) is 7. The van der Waals surface area contributed by atoms with Gasteiger partial charge in [0.05, 0.1) is 9.16 Å². The quantitative estimate of drug-likeness (QED) is 0.0865. The molecule has 0 saturated heterocycles. The number of thioether (sulfide) groups is 5. The molecular weight excluding hydrogens is 645 g/mol. The lowest BCUT2D eigenvalue weighted by atomic mass is 10.0. The summed E-state index contributed by atoms with van der Waals surface area (Å²) in [6, 6.07) is 31.6. The van der Waals surface area contributed by atoms with E-state index in [0.29, 0.717) is 13.7 Å². The van der Waals surface area contributed by atoms with Crippen molar-refractivity contribution in [1.29, 1.82) is 0 Å². The highest BCUT2D eigenvalue weighted by Gasteiger charge is 2.24. The molecule has 6 rings (SSSR count). The molecule has 42 heavy (non-hydrogen) atoms. The van der Waals surface area contributed by atoms with Crippen molar-refractivity contribution in [2.24, 2.45) is 0 Å². The van der Waals surface area contributed by atoms with Crippen LogP contribution in [0.4, 0.5) is 0 Å². The number of fused-ring (bicyclic) bond motifs is 6. The Morgan fingerprint density at radius 1 is 0.571 bits per heavy atom. The molecule has 0 N–H and O–H groups in total. The molecule has 0 fully saturated rings. The molecule has 0 nitrogen and oxygen atoms in total. The molecule has 0 aliphatic heterocycles. The van der Waals surface area contributed by atoms with Crippen LogP contribution in [0.1, 0.15) is 40.3 Å². The van der Waals surface area contributed by atoms with E-state index in [9.17, 15) is 0 Å². The van der Waals surface area contributed by atoms with Gasteiger partial charge in [0.2, 0.25) is 0 Å². The van der Waals surface area contributed by atoms with E-state index in [1.807, 2.05) is 23.5 Å². The Kier molecular flexibility index (Phi) is 11.2. The van der Waals surface area contributed by atoms with E-state index in [1.165, 1.54) is 55.6 Å². The first-order valence-electron chi connectivity index (χ1n) is 14.4. The van der Waals surface area contributed by atoms with Gasteiger partial charge in [-0.1, -0.05) is 84.9 Å². The Labute approximate surface area is 284 Å². The van der Waals surface area contributed by atoms with E-state index in [-0.39, 0.29) is 0 Å². The number of benzene rings is 4. The monoisotopic (exact) mass is 680 g/mol. The summed E-state index contributed by atoms with van der Waals surface area (Å²) in [6.45, 7) is 2.19. The highest BCUT2D eigenvalue weighted by Crippen LogP contribution is 2.43. The maximum atomic E-state index is 4.69. The zero-order valence-corrected chi connectivity index (χ0v) is 29.6. The minimum Gasteiger partial charge on any atom is -0.168 e. The largest absolute Gasteiger partial charge is 0.168 e. The summed E-state index contributed by atoms with van der Waals surface area (Å²) in [5.41, 5.74) is 14.7. The average molecular weight is 681 g/mol. The molecule has 3 unspecified atom stereocenters. The second-order valence-corrected chi connectivity index (χ2v) is 19.2. The molecular formula is C35H36S7. The van der Waals surface area contributed by atoms with Crippen molar-refractivity contribution in [3.05, 3.63) is 118 Å². The van der Waals surface area contributed by atoms with Crippen molar-refractivity contribution in [3.63, 3.8) is 0 Å². The van der Waals surface area contributed by atoms with Gasteiger partial charge < -0.3 is 0 Å². The van der Waals surface area contributed by atoms with Gasteiger partial charge in [0.15, 0.2) is 0 Å². The normalized spacial score (nSPS) is 15.0. The van der Waals surface area contributed by atoms with E-state index in [0.717, 1.165) is 40.9 Å². The Morgan fingerprint density at radius 3 is 1.57 bits per heavy atom. The van der Waals surface area contributed by atoms with E-state index in [1.54, 1.807) is 0 Å². The van der Waals surface area contributed by atoms with Gasteiger partial charge in [0.1, 0.15) is 0 Å². The zero-order valence-electron chi connectivity index (χ0n) is 23.7. The predicted molar refractivity (Wildman–Crippen MR) is 204 cm³/mol. The third-order valence-corrected chi connectivity index (χ3v) is 16.1. The van der Waals surface area contributed by atoms with Gasteiger partial charge in [-0.3, -0.25) is 0 Å². The van der Waals surface area contributed by atoms with E-state index < -0.39 is 0 Å². The summed E-state index contributed by atoms with van der Waals surface area (Å²) < 4.78 is 1.40. The third kappa shape index (κ3) is 7.41. The van der Waals surface area contributed by atoms with Crippen LogP contribution in [0.2, 0.25) is 0 Å². The Balaban J connectivity index is 1.09. The third-order valence-electron chi connectivity index (χ3n) is 7.90. The maximum absolute atomic E-state index is 4.69. The molecule has 0 aromatic heterocycles. The first-order valence-corrected chi connectivity index (χ1v) is 20.7. The molecule has 0 saturated carbocycles. The second kappa shape index (κ2) is 15.1. The molecule has 2 aliphatic carbocycles. The predicted octanol–water partition coefficient (Wildman–Crippen LogP) is 11.0. The average Bonchev–Trinajstić information content (AvgIpc) is 3.58. The van der Waals surface area contributed by atoms with Crippen molar-refractivity contribution in [2.45, 2.75) is 45.0 Å². The first-order chi connectivity index (χ1) is 20.6. The van der Waals surface area contributed by atoms with Gasteiger partial charge in [-0.15, -0.1) is 58.8 Å². The van der Waals surface area contributed by atoms with Crippen molar-refractivity contribution < 1.29 is 0 Å².